The molecule has 37 heavy (non-hydrogen) atoms. The van der Waals surface area contributed by atoms with Crippen molar-refractivity contribution in [3.05, 3.63) is 126 Å². The minimum Gasteiger partial charge on any atom is -0.496 e. The molecule has 0 saturated carbocycles. The molecule has 4 aromatic rings. The van der Waals surface area contributed by atoms with Crippen LogP contribution in [0.1, 0.15) is 16.7 Å². The summed E-state index contributed by atoms with van der Waals surface area (Å²) in [7, 11) is -2.50. The molecule has 4 aromatic carbocycles. The van der Waals surface area contributed by atoms with Crippen molar-refractivity contribution < 1.29 is 17.9 Å². The number of carbonyl (C=O) groups excluding carboxylic acids is 1. The van der Waals surface area contributed by atoms with E-state index in [2.05, 4.69) is 0 Å². The molecule has 0 fully saturated rings. The highest BCUT2D eigenvalue weighted by molar-refractivity contribution is 7.92. The van der Waals surface area contributed by atoms with Crippen LogP contribution in [0.2, 0.25) is 0 Å². The molecule has 0 N–H and O–H groups in total. The van der Waals surface area contributed by atoms with Gasteiger partial charge in [0.2, 0.25) is 5.91 Å². The molecule has 0 aliphatic rings. The van der Waals surface area contributed by atoms with E-state index in [-0.39, 0.29) is 17.3 Å². The summed E-state index contributed by atoms with van der Waals surface area (Å²) in [6, 6.07) is 32.8. The van der Waals surface area contributed by atoms with Crippen LogP contribution < -0.4 is 9.04 Å². The first-order chi connectivity index (χ1) is 17.9. The van der Waals surface area contributed by atoms with Crippen molar-refractivity contribution in [2.75, 3.05) is 18.0 Å². The summed E-state index contributed by atoms with van der Waals surface area (Å²) in [5, 5.41) is 0. The number of hydrogen-bond donors (Lipinski definition) is 0. The van der Waals surface area contributed by atoms with Gasteiger partial charge in [0.05, 0.1) is 17.7 Å². The molecule has 0 aliphatic heterocycles. The number of aryl methyl sites for hydroxylation is 1. The monoisotopic (exact) mass is 514 g/mol. The second-order valence-electron chi connectivity index (χ2n) is 8.70. The van der Waals surface area contributed by atoms with Gasteiger partial charge in [0.25, 0.3) is 10.0 Å². The highest BCUT2D eigenvalue weighted by Crippen LogP contribution is 2.27. The van der Waals surface area contributed by atoms with E-state index < -0.39 is 10.0 Å². The second kappa shape index (κ2) is 11.8. The van der Waals surface area contributed by atoms with Crippen molar-refractivity contribution in [2.24, 2.45) is 0 Å². The molecular formula is C30H30N2O4S. The lowest BCUT2D eigenvalue weighted by Crippen LogP contribution is -2.42. The predicted octanol–water partition coefficient (Wildman–Crippen LogP) is 5.43. The quantitative estimate of drug-likeness (QED) is 0.283. The van der Waals surface area contributed by atoms with Gasteiger partial charge >= 0.3 is 0 Å². The van der Waals surface area contributed by atoms with Crippen molar-refractivity contribution in [3.8, 4) is 5.75 Å². The van der Waals surface area contributed by atoms with E-state index >= 15 is 0 Å². The fraction of sp³-hybridized carbons (Fsp3) is 0.167. The molecule has 7 heteroatoms. The number of hydrogen-bond acceptors (Lipinski definition) is 4. The Balaban J connectivity index is 1.69. The number of methoxy groups -OCH3 is 1. The van der Waals surface area contributed by atoms with Crippen molar-refractivity contribution in [1.29, 1.82) is 0 Å². The van der Waals surface area contributed by atoms with Crippen LogP contribution in [0.15, 0.2) is 114 Å². The Bertz CT molecular complexity index is 1390. The third-order valence-electron chi connectivity index (χ3n) is 6.06. The molecule has 190 valence electrons. The van der Waals surface area contributed by atoms with Crippen LogP contribution in [0.5, 0.6) is 5.75 Å². The number of sulfonamides is 1. The average Bonchev–Trinajstić information content (AvgIpc) is 2.92. The zero-order valence-corrected chi connectivity index (χ0v) is 21.8. The lowest BCUT2D eigenvalue weighted by molar-refractivity contribution is -0.130. The first-order valence-corrected chi connectivity index (χ1v) is 13.4. The number of nitrogens with zero attached hydrogens (tertiary/aromatic N) is 2. The van der Waals surface area contributed by atoms with Crippen LogP contribution in [0.25, 0.3) is 0 Å². The maximum Gasteiger partial charge on any atom is 0.264 e. The van der Waals surface area contributed by atoms with Gasteiger partial charge in [-0.25, -0.2) is 8.42 Å². The van der Waals surface area contributed by atoms with Crippen LogP contribution >= 0.6 is 0 Å². The summed E-state index contributed by atoms with van der Waals surface area (Å²) in [5.74, 6) is 0.295. The zero-order chi connectivity index (χ0) is 26.3. The van der Waals surface area contributed by atoms with Crippen LogP contribution in [0.3, 0.4) is 0 Å². The smallest absolute Gasteiger partial charge is 0.264 e. The van der Waals surface area contributed by atoms with Gasteiger partial charge in [-0.15, -0.1) is 0 Å². The normalized spacial score (nSPS) is 11.1. The molecule has 0 aromatic heterocycles. The summed E-state index contributed by atoms with van der Waals surface area (Å²) in [6.45, 7) is 2.17. The third-order valence-corrected chi connectivity index (χ3v) is 7.83. The van der Waals surface area contributed by atoms with Gasteiger partial charge in [0, 0.05) is 13.1 Å². The van der Waals surface area contributed by atoms with Crippen molar-refractivity contribution in [2.45, 2.75) is 24.9 Å². The van der Waals surface area contributed by atoms with Crippen molar-refractivity contribution in [1.82, 2.24) is 4.90 Å². The summed E-state index contributed by atoms with van der Waals surface area (Å²) < 4.78 is 34.2. The summed E-state index contributed by atoms with van der Waals surface area (Å²) in [6.07, 6.45) is 0. The molecule has 0 spiro atoms. The molecule has 0 bridgehead atoms. The van der Waals surface area contributed by atoms with Gasteiger partial charge in [-0.2, -0.15) is 0 Å². The molecular weight excluding hydrogens is 484 g/mol. The summed E-state index contributed by atoms with van der Waals surface area (Å²) in [5.41, 5.74) is 3.04. The number of para-hydroxylation sites is 1. The fourth-order valence-electron chi connectivity index (χ4n) is 4.11. The van der Waals surface area contributed by atoms with Crippen LogP contribution in [-0.2, 0) is 27.9 Å². The van der Waals surface area contributed by atoms with E-state index in [1.807, 2.05) is 66.7 Å². The summed E-state index contributed by atoms with van der Waals surface area (Å²) in [4.78, 5) is 15.6. The van der Waals surface area contributed by atoms with Gasteiger partial charge in [0.15, 0.2) is 0 Å². The highest BCUT2D eigenvalue weighted by Gasteiger charge is 2.29. The molecule has 1 amide bonds. The molecule has 6 nitrogen and oxygen atoms in total. The summed E-state index contributed by atoms with van der Waals surface area (Å²) >= 11 is 0. The number of rotatable bonds is 10. The maximum absolute atomic E-state index is 13.9. The van der Waals surface area contributed by atoms with Crippen LogP contribution in [-0.4, -0.2) is 32.9 Å². The molecule has 0 unspecified atom stereocenters. The van der Waals surface area contributed by atoms with E-state index in [9.17, 15) is 13.2 Å². The Morgan fingerprint density at radius 2 is 1.27 bits per heavy atom. The van der Waals surface area contributed by atoms with Gasteiger partial charge in [-0.05, 0) is 53.9 Å². The first kappa shape index (κ1) is 26.0. The van der Waals surface area contributed by atoms with E-state index in [0.717, 1.165) is 11.1 Å². The molecule has 0 aliphatic carbocycles. The molecule has 0 heterocycles. The fourth-order valence-corrected chi connectivity index (χ4v) is 5.61. The number of ether oxygens (including phenoxy) is 1. The molecule has 0 atom stereocenters. The largest absolute Gasteiger partial charge is 0.496 e. The highest BCUT2D eigenvalue weighted by atomic mass is 32.2. The maximum atomic E-state index is 13.9. The average molecular weight is 515 g/mol. The van der Waals surface area contributed by atoms with Gasteiger partial charge in [-0.1, -0.05) is 78.9 Å². The van der Waals surface area contributed by atoms with Gasteiger partial charge < -0.3 is 9.64 Å². The van der Waals surface area contributed by atoms with Gasteiger partial charge in [-0.3, -0.25) is 9.10 Å². The van der Waals surface area contributed by atoms with Crippen molar-refractivity contribution in [3.63, 3.8) is 0 Å². The topological polar surface area (TPSA) is 66.9 Å². The van der Waals surface area contributed by atoms with E-state index in [1.54, 1.807) is 55.3 Å². The van der Waals surface area contributed by atoms with E-state index in [4.69, 9.17) is 4.74 Å². The standard InChI is InChI=1S/C30H30N2O4S/c1-24-20-28(18-19-29(24)36-2)37(34,35)32(27-16-10-5-11-17-27)23-30(33)31(21-25-12-6-3-7-13-25)22-26-14-8-4-9-15-26/h3-20H,21-23H2,1-2H3. The lowest BCUT2D eigenvalue weighted by atomic mass is 10.1. The Kier molecular flexibility index (Phi) is 8.25. The zero-order valence-electron chi connectivity index (χ0n) is 20.9. The van der Waals surface area contributed by atoms with E-state index in [0.29, 0.717) is 30.1 Å². The van der Waals surface area contributed by atoms with E-state index in [1.165, 1.54) is 10.4 Å². The van der Waals surface area contributed by atoms with Crippen molar-refractivity contribution >= 4 is 21.6 Å². The number of benzene rings is 4. The van der Waals surface area contributed by atoms with Gasteiger partial charge in [0.1, 0.15) is 12.3 Å². The Hall–Kier alpha value is -4.10. The SMILES string of the molecule is COc1ccc(S(=O)(=O)N(CC(=O)N(Cc2ccccc2)Cc2ccccc2)c2ccccc2)cc1C. The van der Waals surface area contributed by atoms with Crippen LogP contribution in [0.4, 0.5) is 5.69 Å². The second-order valence-corrected chi connectivity index (χ2v) is 10.6. The Morgan fingerprint density at radius 3 is 1.76 bits per heavy atom. The Labute approximate surface area is 218 Å². The number of amides is 1. The lowest BCUT2D eigenvalue weighted by Gasteiger charge is -2.29. The molecule has 0 radical (unpaired) electrons. The minimum absolute atomic E-state index is 0.0973. The predicted molar refractivity (Wildman–Crippen MR) is 146 cm³/mol. The third kappa shape index (κ3) is 6.37. The first-order valence-electron chi connectivity index (χ1n) is 12.0. The van der Waals surface area contributed by atoms with Crippen LogP contribution in [0, 0.1) is 6.92 Å². The number of anilines is 1. The minimum atomic E-state index is -4.05. The number of carbonyl (C=O) groups is 1. The molecule has 4 rings (SSSR count). The molecule has 0 saturated heterocycles. The Morgan fingerprint density at radius 1 is 0.757 bits per heavy atom.